The first kappa shape index (κ1) is 18.5. The summed E-state index contributed by atoms with van der Waals surface area (Å²) in [5.74, 6) is 0. The first-order valence-electron chi connectivity index (χ1n) is 7.81. The van der Waals surface area contributed by atoms with E-state index in [1.807, 2.05) is 6.07 Å². The number of sulfonamides is 1. The Bertz CT molecular complexity index is 835. The lowest BCUT2D eigenvalue weighted by Crippen LogP contribution is -2.35. The summed E-state index contributed by atoms with van der Waals surface area (Å²) >= 11 is 11.9. The molecule has 134 valence electrons. The first-order valence-corrected chi connectivity index (χ1v) is 10.0. The average Bonchev–Trinajstić information content (AvgIpc) is 2.58. The molecule has 0 spiro atoms. The van der Waals surface area contributed by atoms with Gasteiger partial charge in [-0.25, -0.2) is 8.42 Å². The second-order valence-electron chi connectivity index (χ2n) is 5.75. The van der Waals surface area contributed by atoms with E-state index in [0.29, 0.717) is 35.5 Å². The van der Waals surface area contributed by atoms with Crippen molar-refractivity contribution in [1.82, 2.24) is 4.90 Å². The quantitative estimate of drug-likeness (QED) is 0.832. The Kier molecular flexibility index (Phi) is 5.86. The molecule has 5 nitrogen and oxygen atoms in total. The molecule has 0 radical (unpaired) electrons. The van der Waals surface area contributed by atoms with Crippen LogP contribution in [0.4, 0.5) is 5.69 Å². The lowest BCUT2D eigenvalue weighted by atomic mass is 10.1. The predicted octanol–water partition coefficient (Wildman–Crippen LogP) is 3.63. The number of morpholine rings is 1. The molecule has 0 bridgehead atoms. The van der Waals surface area contributed by atoms with E-state index in [4.69, 9.17) is 27.9 Å². The van der Waals surface area contributed by atoms with Crippen molar-refractivity contribution in [2.24, 2.45) is 0 Å². The van der Waals surface area contributed by atoms with Gasteiger partial charge in [0, 0.05) is 29.7 Å². The fourth-order valence-electron chi connectivity index (χ4n) is 2.60. The fraction of sp³-hybridized carbons (Fsp3) is 0.294. The maximum absolute atomic E-state index is 12.6. The lowest BCUT2D eigenvalue weighted by molar-refractivity contribution is 0.0343. The molecule has 0 amide bonds. The zero-order chi connectivity index (χ0) is 17.9. The van der Waals surface area contributed by atoms with Crippen LogP contribution in [-0.2, 0) is 21.3 Å². The van der Waals surface area contributed by atoms with Gasteiger partial charge in [-0.15, -0.1) is 0 Å². The van der Waals surface area contributed by atoms with E-state index in [0.717, 1.165) is 18.7 Å². The highest BCUT2D eigenvalue weighted by Crippen LogP contribution is 2.26. The van der Waals surface area contributed by atoms with Crippen molar-refractivity contribution in [3.63, 3.8) is 0 Å². The van der Waals surface area contributed by atoms with Crippen molar-refractivity contribution in [2.45, 2.75) is 11.4 Å². The van der Waals surface area contributed by atoms with Gasteiger partial charge < -0.3 is 4.74 Å². The van der Waals surface area contributed by atoms with Gasteiger partial charge in [0.05, 0.1) is 23.8 Å². The number of halogens is 2. The minimum atomic E-state index is -3.72. The molecule has 0 aromatic heterocycles. The third-order valence-electron chi connectivity index (χ3n) is 3.94. The van der Waals surface area contributed by atoms with Crippen LogP contribution < -0.4 is 4.72 Å². The second kappa shape index (κ2) is 7.93. The molecule has 25 heavy (non-hydrogen) atoms. The van der Waals surface area contributed by atoms with Gasteiger partial charge in [-0.1, -0.05) is 29.3 Å². The van der Waals surface area contributed by atoms with Crippen LogP contribution in [0.15, 0.2) is 47.4 Å². The molecule has 0 saturated carbocycles. The lowest BCUT2D eigenvalue weighted by Gasteiger charge is -2.27. The maximum Gasteiger partial charge on any atom is 0.261 e. The monoisotopic (exact) mass is 400 g/mol. The van der Waals surface area contributed by atoms with E-state index in [9.17, 15) is 8.42 Å². The maximum atomic E-state index is 12.6. The summed E-state index contributed by atoms with van der Waals surface area (Å²) in [5, 5.41) is 0.953. The van der Waals surface area contributed by atoms with Crippen molar-refractivity contribution in [3.05, 3.63) is 58.1 Å². The van der Waals surface area contributed by atoms with Gasteiger partial charge in [-0.2, -0.15) is 0 Å². The molecule has 2 aromatic rings. The van der Waals surface area contributed by atoms with Crippen molar-refractivity contribution in [3.8, 4) is 0 Å². The van der Waals surface area contributed by atoms with Gasteiger partial charge in [0.25, 0.3) is 10.0 Å². The number of anilines is 1. The minimum absolute atomic E-state index is 0.147. The number of rotatable bonds is 5. The normalized spacial score (nSPS) is 15.9. The standard InChI is InChI=1S/C17H18Cl2N2O3S/c18-14-3-5-16(6-4-14)25(22,23)20-17-11-15(19)2-1-13(17)12-21-7-9-24-10-8-21/h1-6,11,20H,7-10,12H2. The third kappa shape index (κ3) is 4.86. The summed E-state index contributed by atoms with van der Waals surface area (Å²) in [7, 11) is -3.72. The van der Waals surface area contributed by atoms with Crippen LogP contribution in [0.25, 0.3) is 0 Å². The van der Waals surface area contributed by atoms with Crippen LogP contribution in [0.1, 0.15) is 5.56 Å². The Morgan fingerprint density at radius 3 is 2.32 bits per heavy atom. The molecule has 2 aromatic carbocycles. The Balaban J connectivity index is 1.85. The molecular formula is C17H18Cl2N2O3S. The molecule has 1 aliphatic heterocycles. The van der Waals surface area contributed by atoms with E-state index >= 15 is 0 Å². The molecule has 1 heterocycles. The van der Waals surface area contributed by atoms with Crippen LogP contribution >= 0.6 is 23.2 Å². The number of nitrogens with zero attached hydrogens (tertiary/aromatic N) is 1. The average molecular weight is 401 g/mol. The molecular weight excluding hydrogens is 383 g/mol. The Labute approximate surface area is 157 Å². The Morgan fingerprint density at radius 2 is 1.64 bits per heavy atom. The Morgan fingerprint density at radius 1 is 1.00 bits per heavy atom. The van der Waals surface area contributed by atoms with Crippen molar-refractivity contribution in [1.29, 1.82) is 0 Å². The molecule has 1 aliphatic rings. The van der Waals surface area contributed by atoms with Crippen LogP contribution in [0.3, 0.4) is 0 Å². The fourth-order valence-corrected chi connectivity index (χ4v) is 3.99. The zero-order valence-electron chi connectivity index (χ0n) is 13.4. The smallest absolute Gasteiger partial charge is 0.261 e. The van der Waals surface area contributed by atoms with Crippen LogP contribution in [0.5, 0.6) is 0 Å². The van der Waals surface area contributed by atoms with E-state index < -0.39 is 10.0 Å². The minimum Gasteiger partial charge on any atom is -0.379 e. The second-order valence-corrected chi connectivity index (χ2v) is 8.30. The molecule has 1 saturated heterocycles. The number of ether oxygens (including phenoxy) is 1. The predicted molar refractivity (Wildman–Crippen MR) is 99.8 cm³/mol. The van der Waals surface area contributed by atoms with Gasteiger partial charge in [0.15, 0.2) is 0 Å². The molecule has 0 aliphatic carbocycles. The van der Waals surface area contributed by atoms with Gasteiger partial charge in [-0.05, 0) is 42.0 Å². The summed E-state index contributed by atoms with van der Waals surface area (Å²) in [5.41, 5.74) is 1.35. The van der Waals surface area contributed by atoms with E-state index in [1.165, 1.54) is 12.1 Å². The van der Waals surface area contributed by atoms with E-state index in [-0.39, 0.29) is 4.90 Å². The summed E-state index contributed by atoms with van der Waals surface area (Å²) in [6.07, 6.45) is 0. The van der Waals surface area contributed by atoms with Crippen molar-refractivity contribution >= 4 is 38.9 Å². The number of nitrogens with one attached hydrogen (secondary N) is 1. The van der Waals surface area contributed by atoms with E-state index in [2.05, 4.69) is 9.62 Å². The molecule has 1 N–H and O–H groups in total. The molecule has 1 fully saturated rings. The topological polar surface area (TPSA) is 58.6 Å². The van der Waals surface area contributed by atoms with Crippen molar-refractivity contribution in [2.75, 3.05) is 31.0 Å². The molecule has 3 rings (SSSR count). The van der Waals surface area contributed by atoms with Crippen LogP contribution in [0.2, 0.25) is 10.0 Å². The highest BCUT2D eigenvalue weighted by Gasteiger charge is 2.18. The molecule has 0 atom stereocenters. The number of benzene rings is 2. The molecule has 0 unspecified atom stereocenters. The van der Waals surface area contributed by atoms with Crippen molar-refractivity contribution < 1.29 is 13.2 Å². The summed E-state index contributed by atoms with van der Waals surface area (Å²) in [6.45, 7) is 3.61. The SMILES string of the molecule is O=S(=O)(Nc1cc(Cl)ccc1CN1CCOCC1)c1ccc(Cl)cc1. The summed E-state index contributed by atoms with van der Waals surface area (Å²) in [4.78, 5) is 2.36. The number of hydrogen-bond acceptors (Lipinski definition) is 4. The number of hydrogen-bond donors (Lipinski definition) is 1. The highest BCUT2D eigenvalue weighted by atomic mass is 35.5. The zero-order valence-corrected chi connectivity index (χ0v) is 15.7. The Hall–Kier alpha value is -1.31. The highest BCUT2D eigenvalue weighted by molar-refractivity contribution is 7.92. The van der Waals surface area contributed by atoms with Gasteiger partial charge in [-0.3, -0.25) is 9.62 Å². The summed E-state index contributed by atoms with van der Waals surface area (Å²) < 4.78 is 33.3. The third-order valence-corrected chi connectivity index (χ3v) is 5.81. The van der Waals surface area contributed by atoms with Gasteiger partial charge in [0.1, 0.15) is 0 Å². The first-order chi connectivity index (χ1) is 11.9. The summed E-state index contributed by atoms with van der Waals surface area (Å²) in [6, 6.07) is 11.3. The molecule has 8 heteroatoms. The van der Waals surface area contributed by atoms with Gasteiger partial charge >= 0.3 is 0 Å². The van der Waals surface area contributed by atoms with Crippen LogP contribution in [0, 0.1) is 0 Å². The largest absolute Gasteiger partial charge is 0.379 e. The van der Waals surface area contributed by atoms with E-state index in [1.54, 1.807) is 24.3 Å². The van der Waals surface area contributed by atoms with Crippen LogP contribution in [-0.4, -0.2) is 39.6 Å². The van der Waals surface area contributed by atoms with Gasteiger partial charge in [0.2, 0.25) is 0 Å².